The lowest BCUT2D eigenvalue weighted by molar-refractivity contribution is -0.0623. The molecule has 1 heterocycles. The number of hydrogen-bond donors (Lipinski definition) is 5. The van der Waals surface area contributed by atoms with Crippen LogP contribution in [0.25, 0.3) is 0 Å². The van der Waals surface area contributed by atoms with Gasteiger partial charge in [0.05, 0.1) is 19.8 Å². The lowest BCUT2D eigenvalue weighted by Crippen LogP contribution is -2.42. The van der Waals surface area contributed by atoms with Gasteiger partial charge in [0.15, 0.2) is 5.25 Å². The molecule has 1 saturated heterocycles. The van der Waals surface area contributed by atoms with E-state index in [2.05, 4.69) is 0 Å². The molecular weight excluding hydrogens is 332 g/mol. The zero-order valence-corrected chi connectivity index (χ0v) is 14.6. The van der Waals surface area contributed by atoms with Crippen LogP contribution in [0.1, 0.15) is 11.1 Å². The average molecular weight is 359 g/mol. The van der Waals surface area contributed by atoms with E-state index in [9.17, 15) is 25.5 Å². The molecule has 1 unspecified atom stereocenters. The maximum absolute atomic E-state index is 10.4. The highest BCUT2D eigenvalue weighted by atomic mass is 32.2. The maximum atomic E-state index is 10.4. The number of rotatable bonds is 8. The molecule has 6 nitrogen and oxygen atoms in total. The molecule has 5 N–H and O–H groups in total. The van der Waals surface area contributed by atoms with E-state index in [1.54, 1.807) is 0 Å². The molecule has 0 spiro atoms. The summed E-state index contributed by atoms with van der Waals surface area (Å²) in [5.41, 5.74) is 2.10. The first kappa shape index (κ1) is 19.7. The molecule has 0 bridgehead atoms. The van der Waals surface area contributed by atoms with Crippen molar-refractivity contribution in [1.82, 2.24) is 0 Å². The van der Waals surface area contributed by atoms with Crippen molar-refractivity contribution >= 4 is 10.9 Å². The molecule has 1 aromatic rings. The molecular formula is C17H27O6S+. The number of hydrogen-bond acceptors (Lipinski definition) is 6. The Morgan fingerprint density at radius 1 is 1.21 bits per heavy atom. The molecule has 0 radical (unpaired) electrons. The SMILES string of the molecule is Cc1ccc(CO[C@@H](CO)[C@H](O)C[S+]2C[C@@H](O)[C@H](O)[C@H]2CO)cc1. The van der Waals surface area contributed by atoms with Crippen molar-refractivity contribution in [3.8, 4) is 0 Å². The van der Waals surface area contributed by atoms with Gasteiger partial charge in [0.25, 0.3) is 0 Å². The van der Waals surface area contributed by atoms with Crippen molar-refractivity contribution in [3.63, 3.8) is 0 Å². The number of ether oxygens (including phenoxy) is 1. The van der Waals surface area contributed by atoms with Crippen LogP contribution >= 0.6 is 0 Å². The molecule has 24 heavy (non-hydrogen) atoms. The monoisotopic (exact) mass is 359 g/mol. The maximum Gasteiger partial charge on any atom is 0.169 e. The lowest BCUT2D eigenvalue weighted by Gasteiger charge is -2.22. The largest absolute Gasteiger partial charge is 0.394 e. The minimum atomic E-state index is -0.966. The summed E-state index contributed by atoms with van der Waals surface area (Å²) in [6, 6.07) is 7.81. The van der Waals surface area contributed by atoms with Gasteiger partial charge in [-0.1, -0.05) is 29.8 Å². The van der Waals surface area contributed by atoms with Crippen LogP contribution in [0.4, 0.5) is 0 Å². The highest BCUT2D eigenvalue weighted by Gasteiger charge is 2.50. The van der Waals surface area contributed by atoms with E-state index < -0.39 is 40.6 Å². The highest BCUT2D eigenvalue weighted by molar-refractivity contribution is 7.97. The van der Waals surface area contributed by atoms with Crippen molar-refractivity contribution < 1.29 is 30.3 Å². The normalized spacial score (nSPS) is 29.6. The zero-order chi connectivity index (χ0) is 17.7. The van der Waals surface area contributed by atoms with Crippen LogP contribution in [0.3, 0.4) is 0 Å². The predicted molar refractivity (Wildman–Crippen MR) is 92.8 cm³/mol. The third-order valence-corrected chi connectivity index (χ3v) is 7.17. The molecule has 0 saturated carbocycles. The van der Waals surface area contributed by atoms with Crippen molar-refractivity contribution in [2.75, 3.05) is 24.7 Å². The summed E-state index contributed by atoms with van der Waals surface area (Å²) in [4.78, 5) is 0. The fourth-order valence-corrected chi connectivity index (χ4v) is 5.50. The van der Waals surface area contributed by atoms with Gasteiger partial charge in [-0.2, -0.15) is 0 Å². The first-order valence-corrected chi connectivity index (χ1v) is 9.68. The summed E-state index contributed by atoms with van der Waals surface area (Å²) < 4.78 is 5.63. The molecule has 7 heteroatoms. The van der Waals surface area contributed by atoms with Gasteiger partial charge in [-0.15, -0.1) is 0 Å². The Kier molecular flexibility index (Phi) is 7.49. The first-order valence-electron chi connectivity index (χ1n) is 8.05. The average Bonchev–Trinajstić information content (AvgIpc) is 2.83. The summed E-state index contributed by atoms with van der Waals surface area (Å²) in [6.45, 7) is 1.72. The molecule has 0 aromatic heterocycles. The molecule has 1 fully saturated rings. The van der Waals surface area contributed by atoms with Crippen LogP contribution in [0.15, 0.2) is 24.3 Å². The summed E-state index contributed by atoms with van der Waals surface area (Å²) in [5.74, 6) is 0.623. The molecule has 0 amide bonds. The number of aryl methyl sites for hydroxylation is 1. The Balaban J connectivity index is 1.88. The van der Waals surface area contributed by atoms with Crippen LogP contribution in [-0.4, -0.2) is 79.9 Å². The Hall–Kier alpha value is -0.670. The number of aliphatic hydroxyl groups excluding tert-OH is 5. The number of aliphatic hydroxyl groups is 5. The van der Waals surface area contributed by atoms with Gasteiger partial charge in [-0.05, 0) is 12.5 Å². The molecule has 0 aliphatic carbocycles. The quantitative estimate of drug-likeness (QED) is 0.379. The lowest BCUT2D eigenvalue weighted by atomic mass is 10.1. The van der Waals surface area contributed by atoms with Gasteiger partial charge in [0.2, 0.25) is 0 Å². The molecule has 136 valence electrons. The third-order valence-electron chi connectivity index (χ3n) is 4.35. The van der Waals surface area contributed by atoms with E-state index >= 15 is 0 Å². The topological polar surface area (TPSA) is 110 Å². The number of benzene rings is 1. The van der Waals surface area contributed by atoms with Crippen LogP contribution in [0.2, 0.25) is 0 Å². The van der Waals surface area contributed by atoms with Crippen LogP contribution < -0.4 is 0 Å². The van der Waals surface area contributed by atoms with E-state index in [4.69, 9.17) is 4.74 Å². The van der Waals surface area contributed by atoms with Gasteiger partial charge in [0, 0.05) is 10.9 Å². The van der Waals surface area contributed by atoms with Gasteiger partial charge in [-0.25, -0.2) is 0 Å². The summed E-state index contributed by atoms with van der Waals surface area (Å²) in [7, 11) is -0.520. The second-order valence-corrected chi connectivity index (χ2v) is 8.58. The van der Waals surface area contributed by atoms with Crippen molar-refractivity contribution in [2.24, 2.45) is 0 Å². The van der Waals surface area contributed by atoms with Crippen molar-refractivity contribution in [1.29, 1.82) is 0 Å². The van der Waals surface area contributed by atoms with E-state index in [0.29, 0.717) is 5.75 Å². The van der Waals surface area contributed by atoms with Crippen molar-refractivity contribution in [3.05, 3.63) is 35.4 Å². The Labute approximate surface area is 145 Å². The summed E-state index contributed by atoms with van der Waals surface area (Å²) >= 11 is 0. The minimum Gasteiger partial charge on any atom is -0.394 e. The molecule has 1 aromatic carbocycles. The second kappa shape index (κ2) is 9.15. The Morgan fingerprint density at radius 2 is 1.88 bits per heavy atom. The van der Waals surface area contributed by atoms with Crippen LogP contribution in [0, 0.1) is 6.92 Å². The smallest absolute Gasteiger partial charge is 0.169 e. The first-order chi connectivity index (χ1) is 11.5. The summed E-state index contributed by atoms with van der Waals surface area (Å²) in [5, 5.41) is 48.4. The van der Waals surface area contributed by atoms with Gasteiger partial charge >= 0.3 is 0 Å². The van der Waals surface area contributed by atoms with Gasteiger partial charge in [-0.3, -0.25) is 0 Å². The molecule has 2 rings (SSSR count). The van der Waals surface area contributed by atoms with Crippen molar-refractivity contribution in [2.45, 2.75) is 43.2 Å². The fraction of sp³-hybridized carbons (Fsp3) is 0.647. The standard InChI is InChI=1S/C17H27O6S/c1-11-2-4-12(5-3-11)8-23-15(6-18)13(20)9-24-10-14(21)17(22)16(24)7-19/h2-5,13-22H,6-10H2,1H3/q+1/t13-,14-,15+,16-,17+,24?/m1/s1. The zero-order valence-electron chi connectivity index (χ0n) is 13.8. The van der Waals surface area contributed by atoms with Gasteiger partial charge < -0.3 is 30.3 Å². The Bertz CT molecular complexity index is 496. The highest BCUT2D eigenvalue weighted by Crippen LogP contribution is 2.25. The van der Waals surface area contributed by atoms with Crippen LogP contribution in [-0.2, 0) is 22.2 Å². The van der Waals surface area contributed by atoms with E-state index in [0.717, 1.165) is 11.1 Å². The Morgan fingerprint density at radius 3 is 2.46 bits per heavy atom. The second-order valence-electron chi connectivity index (χ2n) is 6.23. The summed E-state index contributed by atoms with van der Waals surface area (Å²) in [6.07, 6.45) is -3.51. The minimum absolute atomic E-state index is 0.234. The molecule has 1 aliphatic heterocycles. The van der Waals surface area contributed by atoms with E-state index in [1.165, 1.54) is 0 Å². The van der Waals surface area contributed by atoms with Gasteiger partial charge in [0.1, 0.15) is 35.9 Å². The van der Waals surface area contributed by atoms with E-state index in [1.807, 2.05) is 31.2 Å². The third kappa shape index (κ3) is 4.92. The molecule has 1 aliphatic rings. The van der Waals surface area contributed by atoms with Crippen LogP contribution in [0.5, 0.6) is 0 Å². The predicted octanol–water partition coefficient (Wildman–Crippen LogP) is -1.05. The van der Waals surface area contributed by atoms with E-state index in [-0.39, 0.29) is 25.6 Å². The molecule has 6 atom stereocenters. The fourth-order valence-electron chi connectivity index (χ4n) is 2.79.